The van der Waals surface area contributed by atoms with Crippen molar-refractivity contribution in [2.75, 3.05) is 18.6 Å². The van der Waals surface area contributed by atoms with Crippen LogP contribution in [0.1, 0.15) is 33.1 Å². The second kappa shape index (κ2) is 7.78. The number of hydrogen-bond acceptors (Lipinski definition) is 7. The summed E-state index contributed by atoms with van der Waals surface area (Å²) >= 11 is 0. The smallest absolute Gasteiger partial charge is 0.324 e. The predicted octanol–water partition coefficient (Wildman–Crippen LogP) is 1.93. The molecule has 0 aromatic carbocycles. The topological polar surface area (TPSA) is 95.2 Å². The zero-order valence-corrected chi connectivity index (χ0v) is 12.6. The summed E-state index contributed by atoms with van der Waals surface area (Å²) in [5, 5.41) is 0. The van der Waals surface area contributed by atoms with Gasteiger partial charge >= 0.3 is 12.0 Å². The minimum atomic E-state index is 0.228. The molecule has 3 N–H and O–H groups in total. The van der Waals surface area contributed by atoms with Crippen molar-refractivity contribution in [3.63, 3.8) is 0 Å². The van der Waals surface area contributed by atoms with E-state index in [0.717, 1.165) is 19.3 Å². The van der Waals surface area contributed by atoms with Gasteiger partial charge in [0.15, 0.2) is 0 Å². The van der Waals surface area contributed by atoms with Crippen LogP contribution in [-0.4, -0.2) is 28.2 Å². The van der Waals surface area contributed by atoms with Crippen molar-refractivity contribution < 1.29 is 9.47 Å². The van der Waals surface area contributed by atoms with E-state index >= 15 is 0 Å². The highest BCUT2D eigenvalue weighted by atomic mass is 16.5. The Kier molecular flexibility index (Phi) is 5.74. The molecule has 0 spiro atoms. The summed E-state index contributed by atoms with van der Waals surface area (Å²) in [6, 6.07) is 0.470. The standard InChI is InChI=1S/C14H23N5O2/c1-3-8-20-13-16-12(19-15)17-14(18-13)21-9-11-7-5-4-6-10(11)2/h4-5,10-11H,3,6-9,15H2,1-2H3,(H,16,17,18,19). The summed E-state index contributed by atoms with van der Waals surface area (Å²) < 4.78 is 11.1. The van der Waals surface area contributed by atoms with Crippen LogP contribution in [0.2, 0.25) is 0 Å². The van der Waals surface area contributed by atoms with Gasteiger partial charge in [0.2, 0.25) is 5.95 Å². The Morgan fingerprint density at radius 1 is 1.19 bits per heavy atom. The number of aromatic nitrogens is 3. The van der Waals surface area contributed by atoms with E-state index in [1.165, 1.54) is 0 Å². The Labute approximate surface area is 124 Å². The lowest BCUT2D eigenvalue weighted by atomic mass is 9.85. The van der Waals surface area contributed by atoms with Gasteiger partial charge in [-0.2, -0.15) is 9.97 Å². The molecule has 116 valence electrons. The van der Waals surface area contributed by atoms with Crippen LogP contribution in [0.4, 0.5) is 5.95 Å². The Bertz CT molecular complexity index is 480. The summed E-state index contributed by atoms with van der Waals surface area (Å²) in [6.07, 6.45) is 7.40. The fourth-order valence-corrected chi connectivity index (χ4v) is 2.15. The van der Waals surface area contributed by atoms with Gasteiger partial charge in [0, 0.05) is 0 Å². The van der Waals surface area contributed by atoms with Crippen LogP contribution in [-0.2, 0) is 0 Å². The van der Waals surface area contributed by atoms with E-state index in [-0.39, 0.29) is 18.0 Å². The predicted molar refractivity (Wildman–Crippen MR) is 79.9 cm³/mol. The molecule has 2 atom stereocenters. The molecule has 7 heteroatoms. The van der Waals surface area contributed by atoms with E-state index in [4.69, 9.17) is 15.3 Å². The number of hydrogen-bond donors (Lipinski definition) is 2. The Hall–Kier alpha value is -1.89. The van der Waals surface area contributed by atoms with Crippen molar-refractivity contribution in [3.8, 4) is 12.0 Å². The van der Waals surface area contributed by atoms with Crippen LogP contribution in [0.5, 0.6) is 12.0 Å². The molecule has 1 heterocycles. The van der Waals surface area contributed by atoms with Gasteiger partial charge in [0.1, 0.15) is 0 Å². The SMILES string of the molecule is CCCOc1nc(NN)nc(OCC2CC=CCC2C)n1. The minimum Gasteiger partial charge on any atom is -0.463 e. The third kappa shape index (κ3) is 4.56. The number of nitrogens with one attached hydrogen (secondary N) is 1. The van der Waals surface area contributed by atoms with Gasteiger partial charge in [-0.25, -0.2) is 5.84 Å². The quantitative estimate of drug-likeness (QED) is 0.450. The van der Waals surface area contributed by atoms with E-state index in [1.807, 2.05) is 6.92 Å². The second-order valence-corrected chi connectivity index (χ2v) is 5.21. The van der Waals surface area contributed by atoms with Gasteiger partial charge < -0.3 is 9.47 Å². The van der Waals surface area contributed by atoms with E-state index in [2.05, 4.69) is 39.5 Å². The Morgan fingerprint density at radius 2 is 1.90 bits per heavy atom. The first-order chi connectivity index (χ1) is 10.2. The average Bonchev–Trinajstić information content (AvgIpc) is 2.52. The molecule has 2 rings (SSSR count). The Morgan fingerprint density at radius 3 is 2.57 bits per heavy atom. The second-order valence-electron chi connectivity index (χ2n) is 5.21. The van der Waals surface area contributed by atoms with Crippen LogP contribution in [0.25, 0.3) is 0 Å². The number of nitrogens with two attached hydrogens (primary N) is 1. The summed E-state index contributed by atoms with van der Waals surface area (Å²) in [4.78, 5) is 12.3. The lowest BCUT2D eigenvalue weighted by Gasteiger charge is -2.24. The summed E-state index contributed by atoms with van der Waals surface area (Å²) in [5.74, 6) is 6.66. The summed E-state index contributed by atoms with van der Waals surface area (Å²) in [5.41, 5.74) is 2.40. The third-order valence-electron chi connectivity index (χ3n) is 3.50. The van der Waals surface area contributed by atoms with Crippen LogP contribution in [0.15, 0.2) is 12.2 Å². The summed E-state index contributed by atoms with van der Waals surface area (Å²) in [7, 11) is 0. The highest BCUT2D eigenvalue weighted by Crippen LogP contribution is 2.25. The molecule has 1 aromatic heterocycles. The number of hydrazine groups is 1. The fourth-order valence-electron chi connectivity index (χ4n) is 2.15. The van der Waals surface area contributed by atoms with E-state index < -0.39 is 0 Å². The van der Waals surface area contributed by atoms with Crippen molar-refractivity contribution >= 4 is 5.95 Å². The largest absolute Gasteiger partial charge is 0.463 e. The first-order valence-corrected chi connectivity index (χ1v) is 7.36. The highest BCUT2D eigenvalue weighted by Gasteiger charge is 2.20. The monoisotopic (exact) mass is 293 g/mol. The van der Waals surface area contributed by atoms with Gasteiger partial charge in [-0.05, 0) is 31.1 Å². The molecule has 2 unspecified atom stereocenters. The van der Waals surface area contributed by atoms with Gasteiger partial charge in [0.25, 0.3) is 0 Å². The maximum Gasteiger partial charge on any atom is 0.324 e. The number of allylic oxidation sites excluding steroid dienone is 2. The molecule has 7 nitrogen and oxygen atoms in total. The molecule has 0 saturated carbocycles. The molecular formula is C14H23N5O2. The minimum absolute atomic E-state index is 0.228. The van der Waals surface area contributed by atoms with Crippen molar-refractivity contribution in [1.82, 2.24) is 15.0 Å². The van der Waals surface area contributed by atoms with Gasteiger partial charge in [-0.3, -0.25) is 5.43 Å². The normalized spacial score (nSPS) is 21.1. The average molecular weight is 293 g/mol. The fraction of sp³-hybridized carbons (Fsp3) is 0.643. The molecule has 21 heavy (non-hydrogen) atoms. The van der Waals surface area contributed by atoms with Crippen molar-refractivity contribution in [1.29, 1.82) is 0 Å². The maximum absolute atomic E-state index is 5.71. The molecule has 0 amide bonds. The van der Waals surface area contributed by atoms with Crippen LogP contribution in [0, 0.1) is 11.8 Å². The number of ether oxygens (including phenoxy) is 2. The van der Waals surface area contributed by atoms with Gasteiger partial charge in [0.05, 0.1) is 13.2 Å². The van der Waals surface area contributed by atoms with Crippen LogP contribution >= 0.6 is 0 Å². The number of nitrogens with zero attached hydrogens (tertiary/aromatic N) is 3. The molecule has 0 radical (unpaired) electrons. The molecular weight excluding hydrogens is 270 g/mol. The molecule has 1 aromatic rings. The van der Waals surface area contributed by atoms with Crippen LogP contribution in [0.3, 0.4) is 0 Å². The number of rotatable bonds is 7. The molecule has 0 aliphatic heterocycles. The van der Waals surface area contributed by atoms with Gasteiger partial charge in [-0.15, -0.1) is 4.98 Å². The van der Waals surface area contributed by atoms with Crippen molar-refractivity contribution in [3.05, 3.63) is 12.2 Å². The molecule has 1 aliphatic carbocycles. The Balaban J connectivity index is 1.99. The van der Waals surface area contributed by atoms with Crippen molar-refractivity contribution in [2.45, 2.75) is 33.1 Å². The number of anilines is 1. The first-order valence-electron chi connectivity index (χ1n) is 7.36. The maximum atomic E-state index is 5.71. The molecule has 0 saturated heterocycles. The molecule has 0 bridgehead atoms. The lowest BCUT2D eigenvalue weighted by Crippen LogP contribution is -2.22. The molecule has 1 aliphatic rings. The first kappa shape index (κ1) is 15.5. The van der Waals surface area contributed by atoms with Crippen molar-refractivity contribution in [2.24, 2.45) is 17.7 Å². The molecule has 0 fully saturated rings. The van der Waals surface area contributed by atoms with E-state index in [0.29, 0.717) is 25.0 Å². The zero-order chi connectivity index (χ0) is 15.1. The lowest BCUT2D eigenvalue weighted by molar-refractivity contribution is 0.182. The number of nitrogen functional groups attached to an aromatic ring is 1. The van der Waals surface area contributed by atoms with Crippen LogP contribution < -0.4 is 20.7 Å². The third-order valence-corrected chi connectivity index (χ3v) is 3.50. The van der Waals surface area contributed by atoms with E-state index in [1.54, 1.807) is 0 Å². The highest BCUT2D eigenvalue weighted by molar-refractivity contribution is 5.25. The van der Waals surface area contributed by atoms with E-state index in [9.17, 15) is 0 Å². The zero-order valence-electron chi connectivity index (χ0n) is 12.6. The van der Waals surface area contributed by atoms with Gasteiger partial charge in [-0.1, -0.05) is 26.0 Å². The summed E-state index contributed by atoms with van der Waals surface area (Å²) in [6.45, 7) is 5.36.